The predicted octanol–water partition coefficient (Wildman–Crippen LogP) is 2.85. The Morgan fingerprint density at radius 2 is 1.64 bits per heavy atom. The first-order valence-corrected chi connectivity index (χ1v) is 6.10. The van der Waals surface area contributed by atoms with E-state index >= 15 is 0 Å². The van der Waals surface area contributed by atoms with Crippen molar-refractivity contribution < 1.29 is 0 Å². The van der Waals surface area contributed by atoms with Crippen LogP contribution in [0, 0.1) is 0 Å². The van der Waals surface area contributed by atoms with Crippen molar-refractivity contribution in [1.29, 1.82) is 0 Å². The number of hydrogen-bond donors (Lipinski definition) is 0. The molecule has 1 radical (unpaired) electrons. The average Bonchev–Trinajstić information content (AvgIpc) is 2.56. The molecule has 0 aliphatic carbocycles. The number of thiophene rings is 1. The summed E-state index contributed by atoms with van der Waals surface area (Å²) < 4.78 is 3.94. The molecule has 3 aromatic rings. The van der Waals surface area contributed by atoms with Crippen molar-refractivity contribution >= 4 is 52.0 Å². The predicted molar refractivity (Wildman–Crippen MR) is 64.7 cm³/mol. The van der Waals surface area contributed by atoms with E-state index < -0.39 is 0 Å². The second-order valence-corrected chi connectivity index (χ2v) is 5.33. The SMILES string of the molecule is [Se]c1ccc2sc3ccccc3c2c1. The Morgan fingerprint density at radius 3 is 2.57 bits per heavy atom. The summed E-state index contributed by atoms with van der Waals surface area (Å²) in [7, 11) is 0. The molecule has 0 unspecified atom stereocenters. The third-order valence-corrected chi connectivity index (χ3v) is 4.03. The standard InChI is InChI=1S/C12H7SSe/c14-8-5-6-12-10(7-8)9-3-1-2-4-11(9)13-12/h1-7H. The maximum atomic E-state index is 3.05. The van der Waals surface area contributed by atoms with Crippen LogP contribution in [-0.4, -0.2) is 16.0 Å². The monoisotopic (exact) mass is 263 g/mol. The zero-order chi connectivity index (χ0) is 9.54. The first-order chi connectivity index (χ1) is 6.84. The summed E-state index contributed by atoms with van der Waals surface area (Å²) in [5, 5.41) is 2.73. The normalized spacial score (nSPS) is 11.1. The second kappa shape index (κ2) is 3.09. The van der Waals surface area contributed by atoms with Crippen LogP contribution in [0.4, 0.5) is 0 Å². The molecular weight excluding hydrogens is 255 g/mol. The van der Waals surface area contributed by atoms with Gasteiger partial charge in [-0.25, -0.2) is 0 Å². The molecule has 1 heterocycles. The summed E-state index contributed by atoms with van der Waals surface area (Å²) in [4.78, 5) is 0. The maximum absolute atomic E-state index is 3.05. The van der Waals surface area contributed by atoms with Gasteiger partial charge < -0.3 is 0 Å². The summed E-state index contributed by atoms with van der Waals surface area (Å²) in [6.07, 6.45) is 0. The van der Waals surface area contributed by atoms with E-state index in [4.69, 9.17) is 0 Å². The Kier molecular flexibility index (Phi) is 1.88. The van der Waals surface area contributed by atoms with Crippen LogP contribution in [0.2, 0.25) is 0 Å². The number of rotatable bonds is 0. The zero-order valence-electron chi connectivity index (χ0n) is 7.36. The number of benzene rings is 2. The summed E-state index contributed by atoms with van der Waals surface area (Å²) in [6, 6.07) is 15.1. The van der Waals surface area contributed by atoms with Crippen molar-refractivity contribution in [3.8, 4) is 0 Å². The molecule has 0 amide bonds. The average molecular weight is 262 g/mol. The third-order valence-electron chi connectivity index (χ3n) is 2.35. The Labute approximate surface area is 94.4 Å². The van der Waals surface area contributed by atoms with Gasteiger partial charge in [-0.3, -0.25) is 0 Å². The van der Waals surface area contributed by atoms with E-state index in [0.717, 1.165) is 0 Å². The molecule has 0 spiro atoms. The first-order valence-electron chi connectivity index (χ1n) is 4.43. The van der Waals surface area contributed by atoms with Crippen LogP contribution in [0.15, 0.2) is 42.5 Å². The number of hydrogen-bond acceptors (Lipinski definition) is 1. The molecule has 2 heteroatoms. The minimum absolute atomic E-state index is 1.21. The molecule has 0 N–H and O–H groups in total. The molecule has 0 bridgehead atoms. The summed E-state index contributed by atoms with van der Waals surface area (Å²) in [6.45, 7) is 0. The van der Waals surface area contributed by atoms with Gasteiger partial charge in [0.2, 0.25) is 0 Å². The van der Waals surface area contributed by atoms with Gasteiger partial charge in [0.15, 0.2) is 0 Å². The van der Waals surface area contributed by atoms with Gasteiger partial charge in [0.1, 0.15) is 0 Å². The molecule has 0 nitrogen and oxygen atoms in total. The molecule has 0 saturated heterocycles. The summed E-state index contributed by atoms with van der Waals surface area (Å²) >= 11 is 4.91. The second-order valence-electron chi connectivity index (χ2n) is 3.26. The van der Waals surface area contributed by atoms with E-state index in [1.54, 1.807) is 0 Å². The van der Waals surface area contributed by atoms with E-state index in [2.05, 4.69) is 58.5 Å². The van der Waals surface area contributed by atoms with Crippen LogP contribution in [0.3, 0.4) is 0 Å². The van der Waals surface area contributed by atoms with Crippen molar-refractivity contribution in [3.63, 3.8) is 0 Å². The molecule has 0 saturated carbocycles. The van der Waals surface area contributed by atoms with Crippen LogP contribution >= 0.6 is 11.3 Å². The van der Waals surface area contributed by atoms with Gasteiger partial charge in [-0.1, -0.05) is 0 Å². The molecule has 0 fully saturated rings. The number of fused-ring (bicyclic) bond motifs is 3. The van der Waals surface area contributed by atoms with Crippen LogP contribution in [-0.2, 0) is 0 Å². The van der Waals surface area contributed by atoms with Gasteiger partial charge in [-0.05, 0) is 0 Å². The van der Waals surface area contributed by atoms with Crippen molar-refractivity contribution in [2.45, 2.75) is 0 Å². The van der Waals surface area contributed by atoms with Crippen molar-refractivity contribution in [2.24, 2.45) is 0 Å². The Bertz CT molecular complexity index is 610. The Morgan fingerprint density at radius 1 is 0.857 bits per heavy atom. The molecule has 2 aromatic carbocycles. The fraction of sp³-hybridized carbons (Fsp3) is 0. The third kappa shape index (κ3) is 1.19. The molecule has 3 rings (SSSR count). The summed E-state index contributed by atoms with van der Waals surface area (Å²) in [5.41, 5.74) is 0. The molecule has 14 heavy (non-hydrogen) atoms. The zero-order valence-corrected chi connectivity index (χ0v) is 9.89. The molecule has 1 aromatic heterocycles. The van der Waals surface area contributed by atoms with Gasteiger partial charge in [0, 0.05) is 0 Å². The van der Waals surface area contributed by atoms with Crippen molar-refractivity contribution in [1.82, 2.24) is 0 Å². The Hall–Kier alpha value is -0.821. The van der Waals surface area contributed by atoms with Crippen molar-refractivity contribution in [2.75, 3.05) is 0 Å². The van der Waals surface area contributed by atoms with Crippen LogP contribution < -0.4 is 4.46 Å². The molecular formula is C12H7SSe. The molecule has 0 atom stereocenters. The topological polar surface area (TPSA) is 0 Å². The molecule has 67 valence electrons. The van der Waals surface area contributed by atoms with Crippen LogP contribution in [0.1, 0.15) is 0 Å². The summed E-state index contributed by atoms with van der Waals surface area (Å²) in [5.74, 6) is 0. The molecule has 0 aliphatic rings. The molecule has 0 aliphatic heterocycles. The Balaban J connectivity index is 2.58. The van der Waals surface area contributed by atoms with E-state index in [-0.39, 0.29) is 0 Å². The quantitative estimate of drug-likeness (QED) is 0.546. The van der Waals surface area contributed by atoms with Gasteiger partial charge in [0.05, 0.1) is 0 Å². The minimum atomic E-state index is 1.21. The van der Waals surface area contributed by atoms with Crippen LogP contribution in [0.5, 0.6) is 0 Å². The van der Waals surface area contributed by atoms with Crippen LogP contribution in [0.25, 0.3) is 20.2 Å². The van der Waals surface area contributed by atoms with E-state index in [1.165, 1.54) is 24.6 Å². The van der Waals surface area contributed by atoms with E-state index in [0.29, 0.717) is 0 Å². The van der Waals surface area contributed by atoms with Gasteiger partial charge >= 0.3 is 94.4 Å². The van der Waals surface area contributed by atoms with Crippen molar-refractivity contribution in [3.05, 3.63) is 42.5 Å². The van der Waals surface area contributed by atoms with Gasteiger partial charge in [-0.15, -0.1) is 0 Å². The fourth-order valence-corrected chi connectivity index (χ4v) is 3.18. The van der Waals surface area contributed by atoms with E-state index in [9.17, 15) is 0 Å². The van der Waals surface area contributed by atoms with Gasteiger partial charge in [-0.2, -0.15) is 0 Å². The van der Waals surface area contributed by atoms with E-state index in [1.807, 2.05) is 11.3 Å². The fourth-order valence-electron chi connectivity index (χ4n) is 1.71. The van der Waals surface area contributed by atoms with Gasteiger partial charge in [0.25, 0.3) is 0 Å². The first kappa shape index (κ1) is 8.48.